The molecule has 0 bridgehead atoms. The Labute approximate surface area is 84.9 Å². The lowest BCUT2D eigenvalue weighted by Gasteiger charge is -2.28. The smallest absolute Gasteiger partial charge is 0.192 e. The molecule has 0 unspecified atom stereocenters. The molecule has 0 heterocycles. The fourth-order valence-electron chi connectivity index (χ4n) is 0.606. The van der Waals surface area contributed by atoms with Crippen LogP contribution in [0.3, 0.4) is 0 Å². The third-order valence-corrected chi connectivity index (χ3v) is 1.40. The molecule has 12 heteroatoms. The van der Waals surface area contributed by atoms with Crippen LogP contribution in [-0.4, -0.2) is 29.9 Å². The molecule has 17 heavy (non-hydrogen) atoms. The molecule has 0 fully saturated rings. The molecule has 0 spiro atoms. The van der Waals surface area contributed by atoms with Crippen molar-refractivity contribution in [2.45, 2.75) is 24.2 Å². The summed E-state index contributed by atoms with van der Waals surface area (Å²) in [5.74, 6) is -14.0. The molecule has 102 valence electrons. The lowest BCUT2D eigenvalue weighted by atomic mass is 10.1. The van der Waals surface area contributed by atoms with Crippen LogP contribution < -0.4 is 0 Å². The topological polar surface area (TPSA) is 12.4 Å². The molecule has 0 saturated carbocycles. The molecular weight excluding hydrogens is 283 g/mol. The van der Waals surface area contributed by atoms with E-state index < -0.39 is 29.9 Å². The van der Waals surface area contributed by atoms with E-state index in [1.807, 2.05) is 0 Å². The van der Waals surface area contributed by atoms with Crippen molar-refractivity contribution in [3.8, 4) is 0 Å². The van der Waals surface area contributed by atoms with Gasteiger partial charge in [-0.1, -0.05) is 9.70 Å². The highest BCUT2D eigenvalue weighted by Gasteiger charge is 2.78. The predicted molar refractivity (Wildman–Crippen MR) is 30.5 cm³/mol. The number of hydrogen-bond acceptors (Lipinski definition) is 1. The highest BCUT2D eigenvalue weighted by atomic mass is 19.4. The van der Waals surface area contributed by atoms with E-state index in [0.717, 1.165) is 0 Å². The van der Waals surface area contributed by atoms with Gasteiger partial charge in [0.2, 0.25) is 5.71 Å². The minimum atomic E-state index is -7.11. The summed E-state index contributed by atoms with van der Waals surface area (Å²) >= 11 is 0. The van der Waals surface area contributed by atoms with Crippen LogP contribution in [0.4, 0.5) is 48.4 Å². The van der Waals surface area contributed by atoms with Crippen LogP contribution in [-0.2, 0) is 0 Å². The minimum absolute atomic E-state index is 0.272. The standard InChI is InChI=1S/C5F11N/c6-2(7,1(17-16)3(8,9)10)4(11,12)5(13,14)15. The molecule has 0 aromatic heterocycles. The van der Waals surface area contributed by atoms with Crippen LogP contribution in [0, 0.1) is 0 Å². The fourth-order valence-corrected chi connectivity index (χ4v) is 0.606. The number of rotatable bonds is 2. The quantitative estimate of drug-likeness (QED) is 0.541. The Balaban J connectivity index is 5.72. The van der Waals surface area contributed by atoms with E-state index in [4.69, 9.17) is 0 Å². The Bertz CT molecular complexity index is 307. The van der Waals surface area contributed by atoms with Crippen molar-refractivity contribution >= 4 is 5.71 Å². The average Bonchev–Trinajstić information content (AvgIpc) is 1.98. The van der Waals surface area contributed by atoms with Gasteiger partial charge in [0.05, 0.1) is 0 Å². The van der Waals surface area contributed by atoms with Gasteiger partial charge in [-0.05, 0) is 0 Å². The predicted octanol–water partition coefficient (Wildman–Crippen LogP) is 3.71. The van der Waals surface area contributed by atoms with Crippen molar-refractivity contribution in [2.75, 3.05) is 0 Å². The first-order valence-corrected chi connectivity index (χ1v) is 3.28. The Morgan fingerprint density at radius 1 is 0.706 bits per heavy atom. The molecule has 0 amide bonds. The summed E-state index contributed by atoms with van der Waals surface area (Å²) in [5, 5.41) is 0.272. The van der Waals surface area contributed by atoms with Crippen molar-refractivity contribution in [1.29, 1.82) is 0 Å². The molecule has 0 radical (unpaired) electrons. The normalized spacial score (nSPS) is 16.3. The lowest BCUT2D eigenvalue weighted by Crippen LogP contribution is -2.59. The number of alkyl halides is 10. The van der Waals surface area contributed by atoms with Gasteiger partial charge in [0.1, 0.15) is 0 Å². The fraction of sp³-hybridized carbons (Fsp3) is 0.800. The van der Waals surface area contributed by atoms with Gasteiger partial charge >= 0.3 is 24.2 Å². The maximum atomic E-state index is 12.3. The second kappa shape index (κ2) is 3.98. The van der Waals surface area contributed by atoms with Crippen LogP contribution in [0.25, 0.3) is 0 Å². The summed E-state index contributed by atoms with van der Waals surface area (Å²) in [6.07, 6.45) is -13.5. The van der Waals surface area contributed by atoms with E-state index in [-0.39, 0.29) is 5.21 Å². The Hall–Kier alpha value is -1.10. The Kier molecular flexibility index (Phi) is 3.72. The van der Waals surface area contributed by atoms with E-state index >= 15 is 0 Å². The summed E-state index contributed by atoms with van der Waals surface area (Å²) in [6.45, 7) is 0. The monoisotopic (exact) mass is 283 g/mol. The summed E-state index contributed by atoms with van der Waals surface area (Å²) in [6, 6.07) is 0. The zero-order valence-corrected chi connectivity index (χ0v) is 7.10. The van der Waals surface area contributed by atoms with Gasteiger partial charge in [-0.15, -0.1) is 0 Å². The molecule has 0 N–H and O–H groups in total. The zero-order valence-electron chi connectivity index (χ0n) is 7.10. The number of halogens is 11. The van der Waals surface area contributed by atoms with Crippen molar-refractivity contribution in [3.63, 3.8) is 0 Å². The average molecular weight is 283 g/mol. The van der Waals surface area contributed by atoms with Crippen LogP contribution in [0.15, 0.2) is 5.21 Å². The second-order valence-electron chi connectivity index (χ2n) is 2.58. The molecule has 0 atom stereocenters. The first kappa shape index (κ1) is 15.9. The largest absolute Gasteiger partial charge is 0.460 e. The van der Waals surface area contributed by atoms with Crippen molar-refractivity contribution in [1.82, 2.24) is 0 Å². The van der Waals surface area contributed by atoms with Crippen LogP contribution >= 0.6 is 0 Å². The SMILES string of the molecule is FN=C(C(F)(F)F)C(F)(F)C(F)(F)C(F)(F)F. The van der Waals surface area contributed by atoms with Crippen LogP contribution in [0.1, 0.15) is 0 Å². The molecule has 0 rings (SSSR count). The van der Waals surface area contributed by atoms with Gasteiger partial charge in [0.15, 0.2) is 0 Å². The maximum absolute atomic E-state index is 12.3. The van der Waals surface area contributed by atoms with E-state index in [2.05, 4.69) is 0 Å². The molecule has 0 aliphatic rings. The van der Waals surface area contributed by atoms with Crippen molar-refractivity contribution in [2.24, 2.45) is 5.21 Å². The minimum Gasteiger partial charge on any atom is -0.192 e. The molecule has 0 saturated heterocycles. The van der Waals surface area contributed by atoms with Crippen molar-refractivity contribution < 1.29 is 48.4 Å². The van der Waals surface area contributed by atoms with E-state index in [9.17, 15) is 48.4 Å². The summed E-state index contributed by atoms with van der Waals surface area (Å²) in [5.41, 5.74) is -4.16. The maximum Gasteiger partial charge on any atom is 0.460 e. The van der Waals surface area contributed by atoms with Crippen molar-refractivity contribution in [3.05, 3.63) is 0 Å². The first-order chi connectivity index (χ1) is 7.19. The number of hydrogen-bond donors (Lipinski definition) is 0. The molecular formula is C5F11N. The summed E-state index contributed by atoms with van der Waals surface area (Å²) < 4.78 is 129. The highest BCUT2D eigenvalue weighted by molar-refractivity contribution is 5.96. The van der Waals surface area contributed by atoms with Gasteiger partial charge in [0.25, 0.3) is 0 Å². The molecule has 0 aliphatic heterocycles. The summed E-state index contributed by atoms with van der Waals surface area (Å²) in [7, 11) is 0. The highest BCUT2D eigenvalue weighted by Crippen LogP contribution is 2.49. The second-order valence-corrected chi connectivity index (χ2v) is 2.58. The Morgan fingerprint density at radius 2 is 1.06 bits per heavy atom. The first-order valence-electron chi connectivity index (χ1n) is 3.28. The van der Waals surface area contributed by atoms with E-state index in [1.165, 1.54) is 0 Å². The van der Waals surface area contributed by atoms with Crippen LogP contribution in [0.2, 0.25) is 0 Å². The molecule has 0 aromatic rings. The van der Waals surface area contributed by atoms with Gasteiger partial charge in [-0.25, -0.2) is 0 Å². The zero-order chi connectivity index (χ0) is 14.3. The number of nitrogens with zero attached hydrogens (tertiary/aromatic N) is 1. The van der Waals surface area contributed by atoms with E-state index in [1.54, 1.807) is 0 Å². The van der Waals surface area contributed by atoms with Gasteiger partial charge in [0, 0.05) is 0 Å². The Morgan fingerprint density at radius 3 is 1.24 bits per heavy atom. The van der Waals surface area contributed by atoms with Gasteiger partial charge < -0.3 is 0 Å². The molecule has 1 nitrogen and oxygen atoms in total. The van der Waals surface area contributed by atoms with Crippen LogP contribution in [0.5, 0.6) is 0 Å². The van der Waals surface area contributed by atoms with Gasteiger partial charge in [-0.3, -0.25) is 0 Å². The van der Waals surface area contributed by atoms with Gasteiger partial charge in [-0.2, -0.15) is 43.9 Å². The van der Waals surface area contributed by atoms with E-state index in [0.29, 0.717) is 0 Å². The summed E-state index contributed by atoms with van der Waals surface area (Å²) in [4.78, 5) is 0. The third kappa shape index (κ3) is 2.60. The molecule has 0 aliphatic carbocycles. The molecule has 0 aromatic carbocycles. The third-order valence-electron chi connectivity index (χ3n) is 1.40. The lowest BCUT2D eigenvalue weighted by molar-refractivity contribution is -0.339.